The molecule has 1 aliphatic heterocycles. The lowest BCUT2D eigenvalue weighted by molar-refractivity contribution is -0.132. The van der Waals surface area contributed by atoms with Crippen LogP contribution in [0.1, 0.15) is 11.6 Å². The Hall–Kier alpha value is -3.34. The molecule has 0 saturated heterocycles. The number of anilines is 1. The van der Waals surface area contributed by atoms with Crippen LogP contribution < -0.4 is 5.32 Å². The molecular weight excluding hydrogens is 302 g/mol. The first-order chi connectivity index (χ1) is 11.7. The number of fused-ring (bicyclic) bond motifs is 3. The Morgan fingerprint density at radius 3 is 2.67 bits per heavy atom. The lowest BCUT2D eigenvalue weighted by Crippen LogP contribution is -2.22. The minimum Gasteiger partial charge on any atom is -0.477 e. The summed E-state index contributed by atoms with van der Waals surface area (Å²) in [6.07, 6.45) is 5.67. The first kappa shape index (κ1) is 14.3. The van der Waals surface area contributed by atoms with Crippen molar-refractivity contribution in [2.45, 2.75) is 6.04 Å². The summed E-state index contributed by atoms with van der Waals surface area (Å²) in [7, 11) is 0. The maximum Gasteiger partial charge on any atom is 0.352 e. The molecule has 1 aliphatic rings. The molecule has 5 nitrogen and oxygen atoms in total. The van der Waals surface area contributed by atoms with Gasteiger partial charge >= 0.3 is 5.97 Å². The Morgan fingerprint density at radius 2 is 1.88 bits per heavy atom. The van der Waals surface area contributed by atoms with E-state index in [9.17, 15) is 9.90 Å². The molecule has 24 heavy (non-hydrogen) atoms. The van der Waals surface area contributed by atoms with Gasteiger partial charge in [0.2, 0.25) is 5.95 Å². The van der Waals surface area contributed by atoms with Crippen molar-refractivity contribution in [2.75, 3.05) is 5.32 Å². The average molecular weight is 317 g/mol. The minimum atomic E-state index is -0.994. The highest BCUT2D eigenvalue weighted by molar-refractivity contribution is 5.92. The number of carboxylic acid groups (broad SMARTS) is 1. The monoisotopic (exact) mass is 317 g/mol. The first-order valence-electron chi connectivity index (χ1n) is 7.65. The standard InChI is InChI=1S/C19H15N3O2/c23-18(24)16-12-14(11-10-13-6-2-1-3-7-13)22-17-9-5-4-8-15(17)20-19(22)21-16/h1-12,14H,(H,20,21)(H,23,24)/b11-10+. The van der Waals surface area contributed by atoms with Gasteiger partial charge in [-0.15, -0.1) is 0 Å². The Morgan fingerprint density at radius 1 is 1.12 bits per heavy atom. The van der Waals surface area contributed by atoms with Gasteiger partial charge in [-0.2, -0.15) is 0 Å². The molecule has 0 saturated carbocycles. The van der Waals surface area contributed by atoms with Gasteiger partial charge in [0, 0.05) is 0 Å². The van der Waals surface area contributed by atoms with Crippen LogP contribution in [0, 0.1) is 0 Å². The van der Waals surface area contributed by atoms with Crippen LogP contribution >= 0.6 is 0 Å². The van der Waals surface area contributed by atoms with Gasteiger partial charge in [0.1, 0.15) is 5.70 Å². The second-order valence-electron chi connectivity index (χ2n) is 5.57. The van der Waals surface area contributed by atoms with E-state index >= 15 is 0 Å². The van der Waals surface area contributed by atoms with Gasteiger partial charge in [-0.05, 0) is 23.8 Å². The highest BCUT2D eigenvalue weighted by Gasteiger charge is 2.24. The van der Waals surface area contributed by atoms with Gasteiger partial charge in [-0.3, -0.25) is 4.57 Å². The number of carboxylic acids is 1. The fraction of sp³-hybridized carbons (Fsp3) is 0.0526. The van der Waals surface area contributed by atoms with Gasteiger partial charge in [0.05, 0.1) is 17.1 Å². The van der Waals surface area contributed by atoms with Crippen molar-refractivity contribution in [1.82, 2.24) is 9.55 Å². The Balaban J connectivity index is 1.82. The van der Waals surface area contributed by atoms with E-state index in [1.807, 2.05) is 71.3 Å². The van der Waals surface area contributed by atoms with Crippen LogP contribution in [0.3, 0.4) is 0 Å². The van der Waals surface area contributed by atoms with Crippen LogP contribution in [0.4, 0.5) is 5.95 Å². The van der Waals surface area contributed by atoms with Crippen molar-refractivity contribution >= 4 is 29.0 Å². The van der Waals surface area contributed by atoms with E-state index < -0.39 is 5.97 Å². The summed E-state index contributed by atoms with van der Waals surface area (Å²) in [6.45, 7) is 0. The van der Waals surface area contributed by atoms with Crippen LogP contribution in [0.15, 0.2) is 72.4 Å². The second-order valence-corrected chi connectivity index (χ2v) is 5.57. The number of nitrogens with zero attached hydrogens (tertiary/aromatic N) is 2. The number of nitrogens with one attached hydrogen (secondary N) is 1. The number of imidazole rings is 1. The largest absolute Gasteiger partial charge is 0.477 e. The third-order valence-electron chi connectivity index (χ3n) is 3.99. The van der Waals surface area contributed by atoms with E-state index in [0.717, 1.165) is 16.6 Å². The molecule has 0 radical (unpaired) electrons. The molecule has 3 aromatic rings. The van der Waals surface area contributed by atoms with E-state index in [1.54, 1.807) is 6.08 Å². The quantitative estimate of drug-likeness (QED) is 0.773. The smallest absolute Gasteiger partial charge is 0.352 e. The molecule has 4 rings (SSSR count). The molecule has 1 aromatic heterocycles. The fourth-order valence-corrected chi connectivity index (χ4v) is 2.88. The van der Waals surface area contributed by atoms with E-state index in [0.29, 0.717) is 5.95 Å². The van der Waals surface area contributed by atoms with Crippen molar-refractivity contribution in [2.24, 2.45) is 0 Å². The number of para-hydroxylation sites is 2. The van der Waals surface area contributed by atoms with E-state index in [2.05, 4.69) is 10.3 Å². The highest BCUT2D eigenvalue weighted by Crippen LogP contribution is 2.31. The van der Waals surface area contributed by atoms with Gasteiger partial charge in [-0.1, -0.05) is 54.6 Å². The van der Waals surface area contributed by atoms with Crippen molar-refractivity contribution in [3.8, 4) is 0 Å². The van der Waals surface area contributed by atoms with Crippen molar-refractivity contribution in [3.05, 3.63) is 78.0 Å². The number of carbonyl (C=O) groups is 1. The van der Waals surface area contributed by atoms with E-state index in [4.69, 9.17) is 0 Å². The topological polar surface area (TPSA) is 67.1 Å². The van der Waals surface area contributed by atoms with E-state index in [-0.39, 0.29) is 11.7 Å². The predicted octanol–water partition coefficient (Wildman–Crippen LogP) is 3.68. The number of aromatic nitrogens is 2. The van der Waals surface area contributed by atoms with Gasteiger partial charge < -0.3 is 10.4 Å². The third-order valence-corrected chi connectivity index (χ3v) is 3.99. The number of allylic oxidation sites excluding steroid dienone is 2. The van der Waals surface area contributed by atoms with Crippen LogP contribution in [0.25, 0.3) is 17.1 Å². The molecule has 2 heterocycles. The average Bonchev–Trinajstić information content (AvgIpc) is 2.99. The lowest BCUT2D eigenvalue weighted by Gasteiger charge is -2.22. The molecular formula is C19H15N3O2. The Bertz CT molecular complexity index is 971. The van der Waals surface area contributed by atoms with Gasteiger partial charge in [-0.25, -0.2) is 9.78 Å². The predicted molar refractivity (Wildman–Crippen MR) is 93.6 cm³/mol. The molecule has 2 aromatic carbocycles. The van der Waals surface area contributed by atoms with Crippen molar-refractivity contribution in [3.63, 3.8) is 0 Å². The van der Waals surface area contributed by atoms with Crippen LogP contribution in [0.2, 0.25) is 0 Å². The molecule has 2 N–H and O–H groups in total. The summed E-state index contributed by atoms with van der Waals surface area (Å²) in [5.41, 5.74) is 2.99. The molecule has 0 bridgehead atoms. The summed E-state index contributed by atoms with van der Waals surface area (Å²) in [5.74, 6) is -0.453. The van der Waals surface area contributed by atoms with Crippen LogP contribution in [-0.4, -0.2) is 20.6 Å². The second kappa shape index (κ2) is 5.70. The highest BCUT2D eigenvalue weighted by atomic mass is 16.4. The van der Waals surface area contributed by atoms with Crippen molar-refractivity contribution < 1.29 is 9.90 Å². The van der Waals surface area contributed by atoms with Gasteiger partial charge in [0.15, 0.2) is 0 Å². The minimum absolute atomic E-state index is 0.139. The summed E-state index contributed by atoms with van der Waals surface area (Å²) >= 11 is 0. The van der Waals surface area contributed by atoms with Crippen LogP contribution in [0.5, 0.6) is 0 Å². The maximum atomic E-state index is 11.4. The molecule has 1 atom stereocenters. The molecule has 0 amide bonds. The zero-order valence-corrected chi connectivity index (χ0v) is 12.8. The lowest BCUT2D eigenvalue weighted by atomic mass is 10.1. The number of hydrogen-bond acceptors (Lipinski definition) is 3. The summed E-state index contributed by atoms with van der Waals surface area (Å²) in [4.78, 5) is 15.9. The molecule has 0 fully saturated rings. The SMILES string of the molecule is O=C(O)C1=CC(/C=C/c2ccccc2)n2c(nc3ccccc32)N1. The van der Waals surface area contributed by atoms with E-state index in [1.165, 1.54) is 0 Å². The van der Waals surface area contributed by atoms with Crippen LogP contribution in [-0.2, 0) is 4.79 Å². The molecule has 118 valence electrons. The molecule has 0 spiro atoms. The van der Waals surface area contributed by atoms with Crippen molar-refractivity contribution in [1.29, 1.82) is 0 Å². The molecule has 1 unspecified atom stereocenters. The summed E-state index contributed by atoms with van der Waals surface area (Å²) in [5, 5.41) is 12.2. The summed E-state index contributed by atoms with van der Waals surface area (Å²) in [6, 6.07) is 17.5. The number of hydrogen-bond donors (Lipinski definition) is 2. The molecule has 0 aliphatic carbocycles. The third kappa shape index (κ3) is 2.46. The normalized spacial score (nSPS) is 16.7. The fourth-order valence-electron chi connectivity index (χ4n) is 2.88. The molecule has 5 heteroatoms. The number of benzene rings is 2. The zero-order chi connectivity index (χ0) is 16.5. The maximum absolute atomic E-state index is 11.4. The summed E-state index contributed by atoms with van der Waals surface area (Å²) < 4.78 is 2.00. The number of aliphatic carboxylic acids is 1. The van der Waals surface area contributed by atoms with Gasteiger partial charge in [0.25, 0.3) is 0 Å². The Kier molecular flexibility index (Phi) is 3.39. The Labute approximate surface area is 138 Å². The number of rotatable bonds is 3. The first-order valence-corrected chi connectivity index (χ1v) is 7.65. The zero-order valence-electron chi connectivity index (χ0n) is 12.8.